The molecule has 1 unspecified atom stereocenters. The molecule has 2 heterocycles. The molecular weight excluding hydrogens is 370 g/mol. The molecule has 3 aromatic rings. The molecule has 5 nitrogen and oxygen atoms in total. The Bertz CT molecular complexity index is 899. The number of hydrogen-bond donors (Lipinski definition) is 1. The monoisotopic (exact) mass is 393 g/mol. The lowest BCUT2D eigenvalue weighted by Gasteiger charge is -2.32. The van der Waals surface area contributed by atoms with Gasteiger partial charge in [-0.1, -0.05) is 30.3 Å². The van der Waals surface area contributed by atoms with Gasteiger partial charge in [-0.3, -0.25) is 4.79 Å². The zero-order valence-corrected chi connectivity index (χ0v) is 16.4. The third-order valence-corrected chi connectivity index (χ3v) is 5.70. The molecule has 6 heteroatoms. The number of anilines is 1. The van der Waals surface area contributed by atoms with E-state index in [1.54, 1.807) is 17.4 Å². The van der Waals surface area contributed by atoms with E-state index in [4.69, 9.17) is 4.74 Å². The average Bonchev–Trinajstić information content (AvgIpc) is 3.28. The number of amides is 1. The predicted molar refractivity (Wildman–Crippen MR) is 112 cm³/mol. The van der Waals surface area contributed by atoms with Gasteiger partial charge in [0.2, 0.25) is 0 Å². The van der Waals surface area contributed by atoms with Crippen LogP contribution in [-0.4, -0.2) is 30.5 Å². The van der Waals surface area contributed by atoms with Crippen LogP contribution in [0.2, 0.25) is 0 Å². The topological polar surface area (TPSA) is 54.5 Å². The molecule has 0 saturated carbocycles. The quantitative estimate of drug-likeness (QED) is 0.666. The van der Waals surface area contributed by atoms with Gasteiger partial charge in [-0.15, -0.1) is 11.3 Å². The Balaban J connectivity index is 1.37. The van der Waals surface area contributed by atoms with E-state index >= 15 is 0 Å². The number of piperidine rings is 1. The van der Waals surface area contributed by atoms with Crippen molar-refractivity contribution >= 4 is 22.4 Å². The molecule has 1 aliphatic rings. The molecule has 1 N–H and O–H groups in total. The van der Waals surface area contributed by atoms with E-state index in [2.05, 4.69) is 15.2 Å². The fraction of sp³-hybridized carbons (Fsp3) is 0.273. The number of nitrogens with one attached hydrogen (secondary N) is 1. The summed E-state index contributed by atoms with van der Waals surface area (Å²) < 4.78 is 5.91. The number of carbonyl (C=O) groups excluding carboxylic acids is 1. The summed E-state index contributed by atoms with van der Waals surface area (Å²) in [5.41, 5.74) is 0.555. The summed E-state index contributed by atoms with van der Waals surface area (Å²) in [6.45, 7) is 2.61. The first kappa shape index (κ1) is 18.5. The van der Waals surface area contributed by atoms with Crippen molar-refractivity contribution in [3.8, 4) is 11.5 Å². The molecule has 4 rings (SSSR count). The summed E-state index contributed by atoms with van der Waals surface area (Å²) in [5, 5.41) is 6.17. The van der Waals surface area contributed by atoms with Gasteiger partial charge in [0.25, 0.3) is 5.91 Å². The van der Waals surface area contributed by atoms with Crippen molar-refractivity contribution in [2.24, 2.45) is 5.92 Å². The Morgan fingerprint density at radius 1 is 1.18 bits per heavy atom. The van der Waals surface area contributed by atoms with Crippen molar-refractivity contribution in [3.05, 3.63) is 71.7 Å². The van der Waals surface area contributed by atoms with E-state index in [1.807, 2.05) is 60.1 Å². The van der Waals surface area contributed by atoms with Crippen molar-refractivity contribution in [3.63, 3.8) is 0 Å². The van der Waals surface area contributed by atoms with Gasteiger partial charge in [0.1, 0.15) is 11.5 Å². The van der Waals surface area contributed by atoms with Crippen molar-refractivity contribution in [2.75, 3.05) is 24.5 Å². The third kappa shape index (κ3) is 4.51. The van der Waals surface area contributed by atoms with Crippen LogP contribution in [0.1, 0.15) is 23.2 Å². The highest BCUT2D eigenvalue weighted by Gasteiger charge is 2.22. The van der Waals surface area contributed by atoms with Crippen molar-refractivity contribution < 1.29 is 9.53 Å². The van der Waals surface area contributed by atoms with Crippen LogP contribution in [0.15, 0.2) is 66.2 Å². The van der Waals surface area contributed by atoms with Gasteiger partial charge in [-0.25, -0.2) is 4.98 Å². The standard InChI is InChI=1S/C22H23N3O2S/c26-21(19-10-4-5-11-20(19)27-18-8-2-1-3-9-18)24-15-17-7-6-13-25(16-17)22-23-12-14-28-22/h1-5,8-12,14,17H,6-7,13,15-16H2,(H,24,26). The molecule has 1 amide bonds. The average molecular weight is 394 g/mol. The zero-order chi connectivity index (χ0) is 19.2. The Kier molecular flexibility index (Phi) is 5.87. The summed E-state index contributed by atoms with van der Waals surface area (Å²) in [5.74, 6) is 1.61. The lowest BCUT2D eigenvalue weighted by Crippen LogP contribution is -2.41. The number of para-hydroxylation sites is 2. The van der Waals surface area contributed by atoms with E-state index in [1.165, 1.54) is 0 Å². The minimum absolute atomic E-state index is 0.0992. The van der Waals surface area contributed by atoms with Crippen LogP contribution in [0, 0.1) is 5.92 Å². The molecule has 2 aromatic carbocycles. The summed E-state index contributed by atoms with van der Waals surface area (Å²) in [4.78, 5) is 19.5. The number of hydrogen-bond acceptors (Lipinski definition) is 5. The maximum Gasteiger partial charge on any atom is 0.255 e. The number of aromatic nitrogens is 1. The smallest absolute Gasteiger partial charge is 0.255 e. The number of ether oxygens (including phenoxy) is 1. The highest BCUT2D eigenvalue weighted by molar-refractivity contribution is 7.13. The Morgan fingerprint density at radius 2 is 2.00 bits per heavy atom. The van der Waals surface area contributed by atoms with Gasteiger partial charge in [-0.2, -0.15) is 0 Å². The van der Waals surface area contributed by atoms with E-state index in [0.717, 1.165) is 31.1 Å². The first-order valence-corrected chi connectivity index (χ1v) is 10.4. The summed E-state index contributed by atoms with van der Waals surface area (Å²) in [6, 6.07) is 16.9. The van der Waals surface area contributed by atoms with Crippen molar-refractivity contribution in [1.82, 2.24) is 10.3 Å². The molecule has 1 aromatic heterocycles. The molecule has 0 aliphatic carbocycles. The number of thiazole rings is 1. The van der Waals surface area contributed by atoms with Gasteiger partial charge < -0.3 is 15.0 Å². The second kappa shape index (κ2) is 8.89. The van der Waals surface area contributed by atoms with E-state index in [0.29, 0.717) is 29.5 Å². The van der Waals surface area contributed by atoms with Gasteiger partial charge in [0.15, 0.2) is 5.13 Å². The second-order valence-electron chi connectivity index (χ2n) is 6.89. The first-order chi connectivity index (χ1) is 13.8. The van der Waals surface area contributed by atoms with Gasteiger partial charge >= 0.3 is 0 Å². The molecule has 1 atom stereocenters. The largest absolute Gasteiger partial charge is 0.457 e. The Labute approximate surface area is 169 Å². The van der Waals surface area contributed by atoms with Crippen LogP contribution in [0.4, 0.5) is 5.13 Å². The number of carbonyl (C=O) groups is 1. The number of nitrogens with zero attached hydrogens (tertiary/aromatic N) is 2. The van der Waals surface area contributed by atoms with Crippen LogP contribution in [0.5, 0.6) is 11.5 Å². The van der Waals surface area contributed by atoms with Crippen LogP contribution < -0.4 is 15.0 Å². The highest BCUT2D eigenvalue weighted by Crippen LogP contribution is 2.26. The van der Waals surface area contributed by atoms with E-state index < -0.39 is 0 Å². The van der Waals surface area contributed by atoms with E-state index in [-0.39, 0.29) is 5.91 Å². The van der Waals surface area contributed by atoms with Crippen LogP contribution in [0.3, 0.4) is 0 Å². The predicted octanol–water partition coefficient (Wildman–Crippen LogP) is 4.58. The fourth-order valence-corrected chi connectivity index (χ4v) is 4.15. The SMILES string of the molecule is O=C(NCC1CCCN(c2nccs2)C1)c1ccccc1Oc1ccccc1. The second-order valence-corrected chi connectivity index (χ2v) is 7.76. The molecule has 1 aliphatic heterocycles. The minimum Gasteiger partial charge on any atom is -0.457 e. The lowest BCUT2D eigenvalue weighted by atomic mass is 9.98. The normalized spacial score (nSPS) is 16.6. The molecular formula is C22H23N3O2S. The summed E-state index contributed by atoms with van der Waals surface area (Å²) in [7, 11) is 0. The Morgan fingerprint density at radius 3 is 2.82 bits per heavy atom. The van der Waals surface area contributed by atoms with Crippen molar-refractivity contribution in [1.29, 1.82) is 0 Å². The lowest BCUT2D eigenvalue weighted by molar-refractivity contribution is 0.0943. The van der Waals surface area contributed by atoms with Gasteiger partial charge in [-0.05, 0) is 43.0 Å². The maximum atomic E-state index is 12.8. The highest BCUT2D eigenvalue weighted by atomic mass is 32.1. The van der Waals surface area contributed by atoms with Crippen LogP contribution in [0.25, 0.3) is 0 Å². The summed E-state index contributed by atoms with van der Waals surface area (Å²) >= 11 is 1.67. The molecule has 0 bridgehead atoms. The summed E-state index contributed by atoms with van der Waals surface area (Å²) in [6.07, 6.45) is 4.08. The van der Waals surface area contributed by atoms with Crippen LogP contribution in [-0.2, 0) is 0 Å². The number of benzene rings is 2. The zero-order valence-electron chi connectivity index (χ0n) is 15.6. The van der Waals surface area contributed by atoms with Crippen molar-refractivity contribution in [2.45, 2.75) is 12.8 Å². The fourth-order valence-electron chi connectivity index (χ4n) is 3.47. The third-order valence-electron chi connectivity index (χ3n) is 4.86. The van der Waals surface area contributed by atoms with E-state index in [9.17, 15) is 4.79 Å². The molecule has 1 saturated heterocycles. The molecule has 28 heavy (non-hydrogen) atoms. The minimum atomic E-state index is -0.0992. The number of rotatable bonds is 6. The molecule has 0 spiro atoms. The van der Waals surface area contributed by atoms with Gasteiger partial charge in [0, 0.05) is 31.2 Å². The molecule has 0 radical (unpaired) electrons. The maximum absolute atomic E-state index is 12.8. The molecule has 144 valence electrons. The first-order valence-electron chi connectivity index (χ1n) is 9.54. The molecule has 1 fully saturated rings. The Hall–Kier alpha value is -2.86. The van der Waals surface area contributed by atoms with Gasteiger partial charge in [0.05, 0.1) is 5.56 Å². The van der Waals surface area contributed by atoms with Crippen LogP contribution >= 0.6 is 11.3 Å².